The third-order valence-electron chi connectivity index (χ3n) is 5.06. The predicted octanol–water partition coefficient (Wildman–Crippen LogP) is 2.41. The highest BCUT2D eigenvalue weighted by molar-refractivity contribution is 6.30. The Labute approximate surface area is 173 Å². The lowest BCUT2D eigenvalue weighted by atomic mass is 10.1. The van der Waals surface area contributed by atoms with Gasteiger partial charge in [-0.15, -0.1) is 0 Å². The molecule has 2 aromatic carbocycles. The second-order valence-corrected chi connectivity index (χ2v) is 7.42. The van der Waals surface area contributed by atoms with E-state index in [1.54, 1.807) is 52.3 Å². The first-order chi connectivity index (χ1) is 14.0. The highest BCUT2D eigenvalue weighted by Gasteiger charge is 2.32. The van der Waals surface area contributed by atoms with Gasteiger partial charge in [-0.3, -0.25) is 14.4 Å². The van der Waals surface area contributed by atoms with Crippen LogP contribution in [0.1, 0.15) is 16.8 Å². The maximum absolute atomic E-state index is 12.7. The summed E-state index contributed by atoms with van der Waals surface area (Å²) in [6.07, 6.45) is -0.897. The molecule has 0 bridgehead atoms. The summed E-state index contributed by atoms with van der Waals surface area (Å²) in [5, 5.41) is 3.28. The predicted molar refractivity (Wildman–Crippen MR) is 108 cm³/mol. The number of carbonyl (C=O) groups excluding carboxylic acids is 3. The lowest BCUT2D eigenvalue weighted by molar-refractivity contribution is -0.138. The average molecular weight is 414 g/mol. The minimum Gasteiger partial charge on any atom is -0.478 e. The number of nitrogens with one attached hydrogen (secondary N) is 1. The first kappa shape index (κ1) is 19.3. The second-order valence-electron chi connectivity index (χ2n) is 6.98. The van der Waals surface area contributed by atoms with Gasteiger partial charge in [-0.1, -0.05) is 29.8 Å². The van der Waals surface area contributed by atoms with E-state index in [0.29, 0.717) is 48.2 Å². The zero-order valence-corrected chi connectivity index (χ0v) is 16.4. The summed E-state index contributed by atoms with van der Waals surface area (Å²) in [5.41, 5.74) is 1.14. The monoisotopic (exact) mass is 413 g/mol. The third kappa shape index (κ3) is 4.19. The van der Waals surface area contributed by atoms with Crippen molar-refractivity contribution in [1.82, 2.24) is 9.80 Å². The van der Waals surface area contributed by atoms with Crippen LogP contribution in [0, 0.1) is 0 Å². The number of rotatable bonds is 3. The van der Waals surface area contributed by atoms with E-state index in [-0.39, 0.29) is 24.1 Å². The van der Waals surface area contributed by atoms with Gasteiger partial charge in [0.15, 0.2) is 6.10 Å². The molecule has 1 unspecified atom stereocenters. The minimum absolute atomic E-state index is 0.0393. The Morgan fingerprint density at radius 1 is 1.03 bits per heavy atom. The summed E-state index contributed by atoms with van der Waals surface area (Å²) in [7, 11) is 0. The Bertz CT molecular complexity index is 956. The number of ether oxygens (including phenoxy) is 1. The summed E-state index contributed by atoms with van der Waals surface area (Å²) >= 11 is 5.96. The van der Waals surface area contributed by atoms with Crippen molar-refractivity contribution < 1.29 is 19.1 Å². The Kier molecular flexibility index (Phi) is 5.40. The van der Waals surface area contributed by atoms with Gasteiger partial charge < -0.3 is 19.9 Å². The number of anilines is 1. The molecule has 1 saturated heterocycles. The molecule has 1 N–H and O–H groups in total. The smallest absolute Gasteiger partial charge is 0.266 e. The molecule has 2 aromatic rings. The molecule has 3 amide bonds. The molecule has 4 rings (SSSR count). The Morgan fingerprint density at radius 2 is 1.76 bits per heavy atom. The van der Waals surface area contributed by atoms with E-state index in [0.717, 1.165) is 0 Å². The maximum Gasteiger partial charge on any atom is 0.266 e. The molecule has 29 heavy (non-hydrogen) atoms. The average Bonchev–Trinajstić information content (AvgIpc) is 2.74. The molecule has 1 fully saturated rings. The molecule has 1 atom stereocenters. The molecule has 0 aromatic heterocycles. The van der Waals surface area contributed by atoms with Crippen molar-refractivity contribution in [2.24, 2.45) is 0 Å². The Balaban J connectivity index is 1.32. The fourth-order valence-corrected chi connectivity index (χ4v) is 3.67. The van der Waals surface area contributed by atoms with Gasteiger partial charge >= 0.3 is 0 Å². The maximum atomic E-state index is 12.7. The molecular weight excluding hydrogens is 394 g/mol. The van der Waals surface area contributed by atoms with E-state index in [1.165, 1.54) is 0 Å². The largest absolute Gasteiger partial charge is 0.478 e. The number of carbonyl (C=O) groups is 3. The van der Waals surface area contributed by atoms with Crippen molar-refractivity contribution >= 4 is 35.0 Å². The fraction of sp³-hybridized carbons (Fsp3) is 0.286. The van der Waals surface area contributed by atoms with Crippen LogP contribution in [0.4, 0.5) is 5.69 Å². The van der Waals surface area contributed by atoms with Crippen molar-refractivity contribution in [3.05, 3.63) is 59.1 Å². The van der Waals surface area contributed by atoms with Crippen molar-refractivity contribution in [2.75, 3.05) is 31.5 Å². The highest BCUT2D eigenvalue weighted by atomic mass is 35.5. The molecular formula is C21H20ClN3O4. The van der Waals surface area contributed by atoms with E-state index in [4.69, 9.17) is 16.3 Å². The van der Waals surface area contributed by atoms with Crippen molar-refractivity contribution in [1.29, 1.82) is 0 Å². The summed E-state index contributed by atoms with van der Waals surface area (Å²) in [4.78, 5) is 40.9. The molecule has 150 valence electrons. The van der Waals surface area contributed by atoms with Gasteiger partial charge in [0.1, 0.15) is 5.75 Å². The Morgan fingerprint density at radius 3 is 2.52 bits per heavy atom. The second kappa shape index (κ2) is 8.13. The zero-order chi connectivity index (χ0) is 20.4. The normalized spacial score (nSPS) is 18.5. The van der Waals surface area contributed by atoms with E-state index in [2.05, 4.69) is 5.32 Å². The Hall–Kier alpha value is -3.06. The van der Waals surface area contributed by atoms with Gasteiger partial charge in [0.2, 0.25) is 5.91 Å². The van der Waals surface area contributed by atoms with Crippen LogP contribution in [0.25, 0.3) is 0 Å². The quantitative estimate of drug-likeness (QED) is 0.838. The fourth-order valence-electron chi connectivity index (χ4n) is 3.48. The van der Waals surface area contributed by atoms with Crippen molar-refractivity contribution in [3.63, 3.8) is 0 Å². The standard InChI is InChI=1S/C21H20ClN3O4/c22-15-5-3-4-14(12-15)21(28)25-10-8-24(9-11-25)19(26)13-18-20(27)23-16-6-1-2-7-17(16)29-18/h1-7,12,18H,8-11,13H2,(H,23,27). The van der Waals surface area contributed by atoms with Crippen LogP contribution in [0.3, 0.4) is 0 Å². The van der Waals surface area contributed by atoms with Gasteiger partial charge in [0.05, 0.1) is 12.1 Å². The third-order valence-corrected chi connectivity index (χ3v) is 5.29. The number of amides is 3. The molecule has 0 spiro atoms. The van der Waals surface area contributed by atoms with Gasteiger partial charge in [-0.2, -0.15) is 0 Å². The van der Waals surface area contributed by atoms with Gasteiger partial charge in [-0.05, 0) is 30.3 Å². The van der Waals surface area contributed by atoms with E-state index < -0.39 is 6.10 Å². The zero-order valence-electron chi connectivity index (χ0n) is 15.6. The lowest BCUT2D eigenvalue weighted by Crippen LogP contribution is -2.52. The number of benzene rings is 2. The van der Waals surface area contributed by atoms with Gasteiger partial charge in [-0.25, -0.2) is 0 Å². The van der Waals surface area contributed by atoms with E-state index >= 15 is 0 Å². The minimum atomic E-state index is -0.858. The molecule has 0 aliphatic carbocycles. The lowest BCUT2D eigenvalue weighted by Gasteiger charge is -2.35. The number of fused-ring (bicyclic) bond motifs is 1. The van der Waals surface area contributed by atoms with Crippen LogP contribution in [0.5, 0.6) is 5.75 Å². The van der Waals surface area contributed by atoms with Crippen molar-refractivity contribution in [2.45, 2.75) is 12.5 Å². The first-order valence-electron chi connectivity index (χ1n) is 9.40. The molecule has 2 aliphatic rings. The summed E-state index contributed by atoms with van der Waals surface area (Å²) in [5.74, 6) is -0.0424. The molecule has 2 heterocycles. The van der Waals surface area contributed by atoms with Gasteiger partial charge in [0.25, 0.3) is 11.8 Å². The molecule has 7 nitrogen and oxygen atoms in total. The first-order valence-corrected chi connectivity index (χ1v) is 9.78. The van der Waals surface area contributed by atoms with Gasteiger partial charge in [0, 0.05) is 36.8 Å². The molecule has 0 radical (unpaired) electrons. The summed E-state index contributed by atoms with van der Waals surface area (Å²) in [6.45, 7) is 1.68. The number of piperazine rings is 1. The number of hydrogen-bond donors (Lipinski definition) is 1. The van der Waals surface area contributed by atoms with E-state index in [9.17, 15) is 14.4 Å². The van der Waals surface area contributed by atoms with Crippen LogP contribution in [0.2, 0.25) is 5.02 Å². The number of halogens is 1. The molecule has 2 aliphatic heterocycles. The number of nitrogens with zero attached hydrogens (tertiary/aromatic N) is 2. The van der Waals surface area contributed by atoms with Crippen LogP contribution >= 0.6 is 11.6 Å². The summed E-state index contributed by atoms with van der Waals surface area (Å²) in [6, 6.07) is 13.9. The SMILES string of the molecule is O=C1Nc2ccccc2OC1CC(=O)N1CCN(C(=O)c2cccc(Cl)c2)CC1. The van der Waals surface area contributed by atoms with Crippen LogP contribution in [0.15, 0.2) is 48.5 Å². The van der Waals surface area contributed by atoms with Crippen molar-refractivity contribution in [3.8, 4) is 5.75 Å². The highest BCUT2D eigenvalue weighted by Crippen LogP contribution is 2.29. The van der Waals surface area contributed by atoms with E-state index in [1.807, 2.05) is 6.07 Å². The van der Waals surface area contributed by atoms with Crippen LogP contribution in [-0.4, -0.2) is 59.8 Å². The number of hydrogen-bond acceptors (Lipinski definition) is 4. The molecule has 0 saturated carbocycles. The summed E-state index contributed by atoms with van der Waals surface area (Å²) < 4.78 is 5.70. The topological polar surface area (TPSA) is 79.0 Å². The number of para-hydroxylation sites is 2. The molecule has 8 heteroatoms. The van der Waals surface area contributed by atoms with Crippen LogP contribution in [-0.2, 0) is 9.59 Å². The van der Waals surface area contributed by atoms with Crippen LogP contribution < -0.4 is 10.1 Å².